The van der Waals surface area contributed by atoms with Crippen molar-refractivity contribution in [1.29, 1.82) is 0 Å². The molecule has 1 rings (SSSR count). The molecule has 74 valence electrons. The van der Waals surface area contributed by atoms with Gasteiger partial charge in [0.25, 0.3) is 0 Å². The van der Waals surface area contributed by atoms with Crippen LogP contribution in [-0.2, 0) is 19.1 Å². The van der Waals surface area contributed by atoms with Crippen molar-refractivity contribution < 1.29 is 24.2 Å². The summed E-state index contributed by atoms with van der Waals surface area (Å²) in [5, 5.41) is 8.64. The van der Waals surface area contributed by atoms with Gasteiger partial charge in [-0.3, -0.25) is 4.79 Å². The lowest BCUT2D eigenvalue weighted by Crippen LogP contribution is -2.31. The minimum atomic E-state index is -1.07. The highest BCUT2D eigenvalue weighted by molar-refractivity contribution is 5.83. The van der Waals surface area contributed by atoms with Gasteiger partial charge in [0.2, 0.25) is 5.79 Å². The third kappa shape index (κ3) is 1.98. The van der Waals surface area contributed by atoms with Crippen LogP contribution in [-0.4, -0.2) is 28.9 Å². The number of hydrogen-bond donors (Lipinski definition) is 1. The molecule has 1 aliphatic rings. The molecule has 0 aromatic carbocycles. The minimum absolute atomic E-state index is 0.611. The Hall–Kier alpha value is -1.10. The summed E-state index contributed by atoms with van der Waals surface area (Å²) in [4.78, 5) is 21.7. The van der Waals surface area contributed by atoms with Gasteiger partial charge in [0.1, 0.15) is 0 Å². The Labute approximate surface area is 75.6 Å². The second-order valence-electron chi connectivity index (χ2n) is 3.49. The Balaban J connectivity index is 2.73. The molecule has 1 heterocycles. The summed E-state index contributed by atoms with van der Waals surface area (Å²) >= 11 is 0. The largest absolute Gasteiger partial charge is 0.481 e. The Morgan fingerprint density at radius 2 is 2.15 bits per heavy atom. The minimum Gasteiger partial charge on any atom is -0.481 e. The first-order valence-electron chi connectivity index (χ1n) is 3.97. The molecule has 1 aliphatic heterocycles. The molecular weight excluding hydrogens is 176 g/mol. The lowest BCUT2D eigenvalue weighted by molar-refractivity contribution is -0.163. The van der Waals surface area contributed by atoms with Gasteiger partial charge in [-0.05, 0) is 6.92 Å². The van der Waals surface area contributed by atoms with Crippen LogP contribution in [0.25, 0.3) is 0 Å². The lowest BCUT2D eigenvalue weighted by atomic mass is 10.1. The first-order valence-corrected chi connectivity index (χ1v) is 3.97. The molecule has 1 N–H and O–H groups in total. The second kappa shape index (κ2) is 2.99. The Kier molecular flexibility index (Phi) is 2.30. The highest BCUT2D eigenvalue weighted by atomic mass is 16.8. The number of aliphatic carboxylic acids is 1. The predicted molar refractivity (Wildman–Crippen MR) is 41.8 cm³/mol. The smallest absolute Gasteiger partial charge is 0.338 e. The van der Waals surface area contributed by atoms with E-state index in [0.29, 0.717) is 0 Å². The van der Waals surface area contributed by atoms with Gasteiger partial charge in [0.15, 0.2) is 6.10 Å². The van der Waals surface area contributed by atoms with Gasteiger partial charge in [-0.2, -0.15) is 0 Å². The van der Waals surface area contributed by atoms with E-state index >= 15 is 0 Å². The number of cyclic esters (lactones) is 1. The van der Waals surface area contributed by atoms with Crippen LogP contribution in [0, 0.1) is 5.92 Å². The molecule has 0 amide bonds. The zero-order chi connectivity index (χ0) is 10.2. The molecule has 1 saturated heterocycles. The Bertz CT molecular complexity index is 245. The van der Waals surface area contributed by atoms with E-state index in [2.05, 4.69) is 0 Å². The molecule has 0 aromatic rings. The summed E-state index contributed by atoms with van der Waals surface area (Å²) in [6.07, 6.45) is -0.993. The quantitative estimate of drug-likeness (QED) is 0.634. The van der Waals surface area contributed by atoms with Gasteiger partial charge in [-0.1, -0.05) is 0 Å². The van der Waals surface area contributed by atoms with Crippen LogP contribution in [0.3, 0.4) is 0 Å². The summed E-state index contributed by atoms with van der Waals surface area (Å²) in [5.41, 5.74) is 0. The van der Waals surface area contributed by atoms with Crippen molar-refractivity contribution in [3.63, 3.8) is 0 Å². The maximum Gasteiger partial charge on any atom is 0.338 e. The van der Waals surface area contributed by atoms with Gasteiger partial charge in [-0.15, -0.1) is 0 Å². The van der Waals surface area contributed by atoms with E-state index in [1.165, 1.54) is 6.92 Å². The number of carbonyl (C=O) groups is 2. The van der Waals surface area contributed by atoms with Crippen LogP contribution in [0.5, 0.6) is 0 Å². The van der Waals surface area contributed by atoms with Crippen LogP contribution in [0.4, 0.5) is 0 Å². The maximum absolute atomic E-state index is 11.1. The first kappa shape index (κ1) is 9.98. The fourth-order valence-electron chi connectivity index (χ4n) is 1.11. The summed E-state index contributed by atoms with van der Waals surface area (Å²) in [6, 6.07) is 0. The van der Waals surface area contributed by atoms with Gasteiger partial charge in [-0.25, -0.2) is 4.79 Å². The molecule has 0 spiro atoms. The van der Waals surface area contributed by atoms with E-state index in [1.54, 1.807) is 13.8 Å². The van der Waals surface area contributed by atoms with Crippen molar-refractivity contribution in [2.24, 2.45) is 5.92 Å². The number of carboxylic acids is 1. The Morgan fingerprint density at radius 3 is 2.46 bits per heavy atom. The van der Waals surface area contributed by atoms with Crippen molar-refractivity contribution in [2.45, 2.75) is 32.7 Å². The van der Waals surface area contributed by atoms with E-state index in [4.69, 9.17) is 14.6 Å². The van der Waals surface area contributed by atoms with Crippen LogP contribution >= 0.6 is 0 Å². The zero-order valence-corrected chi connectivity index (χ0v) is 7.73. The zero-order valence-electron chi connectivity index (χ0n) is 7.73. The van der Waals surface area contributed by atoms with Crippen molar-refractivity contribution >= 4 is 11.9 Å². The number of carboxylic acid groups (broad SMARTS) is 1. The van der Waals surface area contributed by atoms with E-state index in [9.17, 15) is 9.59 Å². The van der Waals surface area contributed by atoms with E-state index in [1.807, 2.05) is 0 Å². The number of ether oxygens (including phenoxy) is 2. The average Bonchev–Trinajstić information content (AvgIpc) is 2.22. The highest BCUT2D eigenvalue weighted by Gasteiger charge is 2.45. The van der Waals surface area contributed by atoms with Crippen LogP contribution in [0.2, 0.25) is 0 Å². The molecule has 1 fully saturated rings. The summed E-state index contributed by atoms with van der Waals surface area (Å²) in [7, 11) is 0. The van der Waals surface area contributed by atoms with Gasteiger partial charge >= 0.3 is 11.9 Å². The molecule has 5 heteroatoms. The van der Waals surface area contributed by atoms with E-state index < -0.39 is 29.7 Å². The Morgan fingerprint density at radius 1 is 1.62 bits per heavy atom. The molecule has 0 aromatic heterocycles. The molecule has 0 radical (unpaired) electrons. The summed E-state index contributed by atoms with van der Waals surface area (Å²) in [5.74, 6) is -3.57. The normalized spacial score (nSPS) is 28.2. The molecule has 0 aliphatic carbocycles. The summed E-state index contributed by atoms with van der Waals surface area (Å²) < 4.78 is 9.94. The van der Waals surface area contributed by atoms with Gasteiger partial charge in [0, 0.05) is 13.8 Å². The molecule has 13 heavy (non-hydrogen) atoms. The van der Waals surface area contributed by atoms with Crippen molar-refractivity contribution in [3.8, 4) is 0 Å². The van der Waals surface area contributed by atoms with Crippen molar-refractivity contribution in [1.82, 2.24) is 0 Å². The van der Waals surface area contributed by atoms with Gasteiger partial charge in [0.05, 0.1) is 5.92 Å². The second-order valence-corrected chi connectivity index (χ2v) is 3.49. The SMILES string of the molecule is C[C@@H](C(=O)O)[C@@H]1OC(C)(C)OC1=O. The fourth-order valence-corrected chi connectivity index (χ4v) is 1.11. The number of rotatable bonds is 2. The molecule has 0 saturated carbocycles. The van der Waals surface area contributed by atoms with Crippen LogP contribution in [0.1, 0.15) is 20.8 Å². The molecule has 2 atom stereocenters. The predicted octanol–water partition coefficient (Wildman–Crippen LogP) is 0.385. The van der Waals surface area contributed by atoms with Crippen molar-refractivity contribution in [2.75, 3.05) is 0 Å². The molecule has 0 bridgehead atoms. The maximum atomic E-state index is 11.1. The molecule has 5 nitrogen and oxygen atoms in total. The summed E-state index contributed by atoms with van der Waals surface area (Å²) in [6.45, 7) is 4.55. The third-order valence-electron chi connectivity index (χ3n) is 1.83. The first-order chi connectivity index (χ1) is 5.83. The topological polar surface area (TPSA) is 72.8 Å². The van der Waals surface area contributed by atoms with E-state index in [0.717, 1.165) is 0 Å². The monoisotopic (exact) mass is 188 g/mol. The lowest BCUT2D eigenvalue weighted by Gasteiger charge is -2.16. The van der Waals surface area contributed by atoms with Crippen LogP contribution in [0.15, 0.2) is 0 Å². The standard InChI is InChI=1S/C8H12O5/c1-4(6(9)10)5-7(11)13-8(2,3)12-5/h4-5H,1-3H3,(H,9,10)/t4-,5+/m1/s1. The van der Waals surface area contributed by atoms with Gasteiger partial charge < -0.3 is 14.6 Å². The number of hydrogen-bond acceptors (Lipinski definition) is 4. The molecule has 0 unspecified atom stereocenters. The highest BCUT2D eigenvalue weighted by Crippen LogP contribution is 2.27. The number of esters is 1. The number of carbonyl (C=O) groups excluding carboxylic acids is 1. The third-order valence-corrected chi connectivity index (χ3v) is 1.83. The average molecular weight is 188 g/mol. The van der Waals surface area contributed by atoms with Crippen LogP contribution < -0.4 is 0 Å². The van der Waals surface area contributed by atoms with Crippen molar-refractivity contribution in [3.05, 3.63) is 0 Å². The fraction of sp³-hybridized carbons (Fsp3) is 0.750. The van der Waals surface area contributed by atoms with E-state index in [-0.39, 0.29) is 0 Å². The molecular formula is C8H12O5.